The number of fused-ring (bicyclic) bond motifs is 6. The molecule has 0 atom stereocenters. The van der Waals surface area contributed by atoms with Gasteiger partial charge >= 0.3 is 0 Å². The fraction of sp³-hybridized carbons (Fsp3) is 0.176. The molecule has 216 valence electrons. The van der Waals surface area contributed by atoms with Gasteiger partial charge in [0.2, 0.25) is 12.5 Å². The van der Waals surface area contributed by atoms with Crippen molar-refractivity contribution in [1.29, 1.82) is 0 Å². The molecule has 0 bridgehead atoms. The molecule has 7 nitrogen and oxygen atoms in total. The maximum atomic E-state index is 13.6. The molecule has 0 spiro atoms. The molecule has 4 aromatic carbocycles. The Balaban J connectivity index is 0.00000300. The van der Waals surface area contributed by atoms with E-state index in [-0.39, 0.29) is 31.6 Å². The van der Waals surface area contributed by atoms with E-state index in [0.29, 0.717) is 18.0 Å². The minimum atomic E-state index is -0.254. The lowest BCUT2D eigenvalue weighted by Gasteiger charge is -2.18. The first-order chi connectivity index (χ1) is 20.6. The zero-order valence-electron chi connectivity index (χ0n) is 23.3. The van der Waals surface area contributed by atoms with E-state index < -0.39 is 0 Å². The van der Waals surface area contributed by atoms with E-state index in [0.717, 1.165) is 68.9 Å². The molecule has 0 unspecified atom stereocenters. The van der Waals surface area contributed by atoms with Gasteiger partial charge in [-0.15, -0.1) is 0 Å². The van der Waals surface area contributed by atoms with Crippen LogP contribution < -0.4 is 35.9 Å². The molecule has 0 saturated heterocycles. The number of para-hydroxylation sites is 2. The maximum Gasteiger partial charge on any atom is 0.231 e. The normalized spacial score (nSPS) is 13.0. The standard InChI is InChI=1S/C34H27FN3O4.ClH/c1-39-30-11-8-22-14-29-25-16-32-31(41-20-42-32)15-23(25)12-13-37(29)18-26(22)34(30)40-19-33-36-27-4-2-3-5-28(27)38(33)17-21-6-9-24(35)10-7-21;/h2-11,14-16,18H,12-13,17,19-20H2,1H3;1H/q+1;/p-1. The topological polar surface area (TPSA) is 58.6 Å². The summed E-state index contributed by atoms with van der Waals surface area (Å²) in [5.41, 5.74) is 6.39. The third kappa shape index (κ3) is 4.68. The number of pyridine rings is 1. The van der Waals surface area contributed by atoms with Crippen molar-refractivity contribution in [3.05, 3.63) is 108 Å². The summed E-state index contributed by atoms with van der Waals surface area (Å²) in [5, 5.41) is 2.01. The Morgan fingerprint density at radius 2 is 1.79 bits per heavy atom. The van der Waals surface area contributed by atoms with Crippen LogP contribution in [0.2, 0.25) is 0 Å². The lowest BCUT2D eigenvalue weighted by molar-refractivity contribution is -0.686. The molecule has 0 radical (unpaired) electrons. The molecule has 2 aliphatic heterocycles. The molecule has 6 aromatic rings. The molecule has 2 aliphatic rings. The predicted molar refractivity (Wildman–Crippen MR) is 156 cm³/mol. The van der Waals surface area contributed by atoms with Crippen molar-refractivity contribution in [2.24, 2.45) is 0 Å². The number of imidazole rings is 1. The second-order valence-electron chi connectivity index (χ2n) is 10.6. The Kier molecular flexibility index (Phi) is 6.78. The van der Waals surface area contributed by atoms with Gasteiger partial charge in [0.15, 0.2) is 35.7 Å². The average Bonchev–Trinajstić information content (AvgIpc) is 3.62. The average molecular weight is 596 g/mol. The van der Waals surface area contributed by atoms with Crippen LogP contribution in [0.4, 0.5) is 4.39 Å². The van der Waals surface area contributed by atoms with Gasteiger partial charge in [-0.3, -0.25) is 0 Å². The highest BCUT2D eigenvalue weighted by atomic mass is 35.5. The first-order valence-corrected chi connectivity index (χ1v) is 13.9. The van der Waals surface area contributed by atoms with E-state index in [9.17, 15) is 4.39 Å². The zero-order chi connectivity index (χ0) is 28.2. The van der Waals surface area contributed by atoms with Gasteiger partial charge in [0, 0.05) is 19.0 Å². The molecule has 2 aromatic heterocycles. The van der Waals surface area contributed by atoms with Crippen LogP contribution in [-0.4, -0.2) is 23.5 Å². The van der Waals surface area contributed by atoms with E-state index in [1.165, 1.54) is 17.7 Å². The van der Waals surface area contributed by atoms with Crippen LogP contribution in [-0.2, 0) is 26.1 Å². The van der Waals surface area contributed by atoms with Gasteiger partial charge in [-0.25, -0.2) is 9.37 Å². The molecule has 0 N–H and O–H groups in total. The fourth-order valence-electron chi connectivity index (χ4n) is 6.03. The molecule has 0 saturated carbocycles. The summed E-state index contributed by atoms with van der Waals surface area (Å²) in [6.45, 7) is 1.88. The van der Waals surface area contributed by atoms with Crippen LogP contribution in [0.1, 0.15) is 17.0 Å². The summed E-state index contributed by atoms with van der Waals surface area (Å²) >= 11 is 0. The smallest absolute Gasteiger partial charge is 0.231 e. The molecule has 4 heterocycles. The predicted octanol–water partition coefficient (Wildman–Crippen LogP) is 3.21. The lowest BCUT2D eigenvalue weighted by atomic mass is 9.95. The van der Waals surface area contributed by atoms with Crippen LogP contribution in [0.5, 0.6) is 23.0 Å². The van der Waals surface area contributed by atoms with Gasteiger partial charge in [-0.2, -0.15) is 4.57 Å². The number of methoxy groups -OCH3 is 1. The molecular formula is C34H27ClFN3O4. The largest absolute Gasteiger partial charge is 1.00 e. The molecule has 8 rings (SSSR count). The highest BCUT2D eigenvalue weighted by Gasteiger charge is 2.29. The van der Waals surface area contributed by atoms with Gasteiger partial charge in [0.05, 0.1) is 29.1 Å². The third-order valence-corrected chi connectivity index (χ3v) is 8.13. The summed E-state index contributed by atoms with van der Waals surface area (Å²) in [7, 11) is 1.66. The van der Waals surface area contributed by atoms with Crippen LogP contribution in [0.25, 0.3) is 33.1 Å². The minimum absolute atomic E-state index is 0. The van der Waals surface area contributed by atoms with Gasteiger partial charge in [0.25, 0.3) is 0 Å². The highest BCUT2D eigenvalue weighted by molar-refractivity contribution is 5.91. The number of halogens is 2. The molecule has 0 aliphatic carbocycles. The fourth-order valence-corrected chi connectivity index (χ4v) is 6.03. The lowest BCUT2D eigenvalue weighted by Crippen LogP contribution is -3.00. The van der Waals surface area contributed by atoms with Crippen molar-refractivity contribution < 1.29 is 40.3 Å². The van der Waals surface area contributed by atoms with Crippen LogP contribution in [0.3, 0.4) is 0 Å². The van der Waals surface area contributed by atoms with E-state index in [1.807, 2.05) is 30.3 Å². The Morgan fingerprint density at radius 1 is 0.977 bits per heavy atom. The number of hydrogen-bond acceptors (Lipinski definition) is 5. The number of ether oxygens (including phenoxy) is 4. The van der Waals surface area contributed by atoms with Crippen LogP contribution in [0, 0.1) is 5.82 Å². The quantitative estimate of drug-likeness (QED) is 0.277. The summed E-state index contributed by atoms with van der Waals surface area (Å²) in [6.07, 6.45) is 3.04. The summed E-state index contributed by atoms with van der Waals surface area (Å²) in [4.78, 5) is 4.90. The molecule has 43 heavy (non-hydrogen) atoms. The number of hydrogen-bond donors (Lipinski definition) is 0. The van der Waals surface area contributed by atoms with Crippen LogP contribution in [0.15, 0.2) is 85.1 Å². The molecule has 9 heteroatoms. The Bertz CT molecular complexity index is 2010. The maximum absolute atomic E-state index is 13.6. The Morgan fingerprint density at radius 3 is 2.63 bits per heavy atom. The van der Waals surface area contributed by atoms with Crippen molar-refractivity contribution in [2.75, 3.05) is 13.9 Å². The van der Waals surface area contributed by atoms with Gasteiger partial charge in [-0.05, 0) is 65.0 Å². The van der Waals surface area contributed by atoms with Gasteiger partial charge in [-0.1, -0.05) is 24.3 Å². The molecule has 0 fully saturated rings. The number of rotatable bonds is 6. The van der Waals surface area contributed by atoms with Crippen molar-refractivity contribution in [2.45, 2.75) is 26.1 Å². The summed E-state index contributed by atoms with van der Waals surface area (Å²) in [6, 6.07) is 25.0. The van der Waals surface area contributed by atoms with Crippen molar-refractivity contribution in [1.82, 2.24) is 9.55 Å². The first kappa shape index (κ1) is 27.0. The molecule has 0 amide bonds. The van der Waals surface area contributed by atoms with Crippen molar-refractivity contribution >= 4 is 21.8 Å². The molecular weight excluding hydrogens is 569 g/mol. The monoisotopic (exact) mass is 595 g/mol. The number of benzene rings is 4. The van der Waals surface area contributed by atoms with Crippen molar-refractivity contribution in [3.8, 4) is 34.3 Å². The first-order valence-electron chi connectivity index (χ1n) is 13.9. The number of aromatic nitrogens is 3. The van der Waals surface area contributed by atoms with Gasteiger partial charge in [0.1, 0.15) is 18.2 Å². The highest BCUT2D eigenvalue weighted by Crippen LogP contribution is 2.42. The van der Waals surface area contributed by atoms with E-state index >= 15 is 0 Å². The minimum Gasteiger partial charge on any atom is -1.00 e. The van der Waals surface area contributed by atoms with E-state index in [1.54, 1.807) is 19.2 Å². The Hall–Kier alpha value is -4.82. The van der Waals surface area contributed by atoms with Crippen LogP contribution >= 0.6 is 0 Å². The Labute approximate surface area is 253 Å². The number of aryl methyl sites for hydroxylation is 2. The summed E-state index contributed by atoms with van der Waals surface area (Å²) in [5.74, 6) is 3.44. The van der Waals surface area contributed by atoms with E-state index in [4.69, 9.17) is 23.9 Å². The van der Waals surface area contributed by atoms with Gasteiger partial charge < -0.3 is 35.9 Å². The zero-order valence-corrected chi connectivity index (χ0v) is 24.1. The second kappa shape index (κ2) is 10.8. The SMILES string of the molecule is COc1ccc2cc3[n+](cc2c1OCc1nc2ccccc2n1Cc1ccc(F)cc1)CCc1cc2c(cc1-3)OCO2.[Cl-]. The van der Waals surface area contributed by atoms with E-state index in [2.05, 4.69) is 39.6 Å². The second-order valence-corrected chi connectivity index (χ2v) is 10.6. The number of nitrogens with zero attached hydrogens (tertiary/aromatic N) is 3. The summed E-state index contributed by atoms with van der Waals surface area (Å²) < 4.78 is 41.6. The van der Waals surface area contributed by atoms with Crippen molar-refractivity contribution in [3.63, 3.8) is 0 Å². The third-order valence-electron chi connectivity index (χ3n) is 8.13.